The average molecular weight is 427 g/mol. The van der Waals surface area contributed by atoms with Gasteiger partial charge in [-0.1, -0.05) is 31.5 Å². The Morgan fingerprint density at radius 3 is 2.52 bits per heavy atom. The first-order chi connectivity index (χ1) is 12.0. The van der Waals surface area contributed by atoms with Gasteiger partial charge < -0.3 is 14.8 Å². The van der Waals surface area contributed by atoms with Gasteiger partial charge >= 0.3 is 0 Å². The first-order valence-corrected chi connectivity index (χ1v) is 9.20. The van der Waals surface area contributed by atoms with Crippen molar-refractivity contribution in [2.45, 2.75) is 19.8 Å². The van der Waals surface area contributed by atoms with Gasteiger partial charge in [-0.05, 0) is 63.8 Å². The molecule has 0 atom stereocenters. The summed E-state index contributed by atoms with van der Waals surface area (Å²) >= 11 is 9.28. The van der Waals surface area contributed by atoms with Crippen molar-refractivity contribution in [1.29, 1.82) is 0 Å². The predicted molar refractivity (Wildman–Crippen MR) is 104 cm³/mol. The molecular formula is C19H21BrClNO3. The van der Waals surface area contributed by atoms with Crippen LogP contribution in [-0.4, -0.2) is 25.7 Å². The minimum absolute atomic E-state index is 0.0411. The molecule has 0 unspecified atom stereocenters. The van der Waals surface area contributed by atoms with E-state index in [-0.39, 0.29) is 12.5 Å². The summed E-state index contributed by atoms with van der Waals surface area (Å²) < 4.78 is 11.9. The Morgan fingerprint density at radius 2 is 1.88 bits per heavy atom. The average Bonchev–Trinajstić information content (AvgIpc) is 2.59. The van der Waals surface area contributed by atoms with E-state index in [1.807, 2.05) is 18.2 Å². The van der Waals surface area contributed by atoms with E-state index in [1.165, 1.54) is 5.56 Å². The van der Waals surface area contributed by atoms with Crippen LogP contribution in [-0.2, 0) is 4.79 Å². The van der Waals surface area contributed by atoms with Gasteiger partial charge in [0.15, 0.2) is 6.61 Å². The first-order valence-electron chi connectivity index (χ1n) is 8.03. The van der Waals surface area contributed by atoms with Crippen LogP contribution in [0.5, 0.6) is 11.5 Å². The van der Waals surface area contributed by atoms with Gasteiger partial charge in [0.05, 0.1) is 11.0 Å². The van der Waals surface area contributed by atoms with Gasteiger partial charge in [0.25, 0.3) is 5.91 Å². The van der Waals surface area contributed by atoms with Crippen LogP contribution in [0.25, 0.3) is 0 Å². The quantitative estimate of drug-likeness (QED) is 0.617. The number of benzene rings is 2. The lowest BCUT2D eigenvalue weighted by Crippen LogP contribution is -2.32. The second-order valence-corrected chi connectivity index (χ2v) is 7.08. The Labute approximate surface area is 161 Å². The molecule has 25 heavy (non-hydrogen) atoms. The van der Waals surface area contributed by atoms with Crippen LogP contribution in [0.3, 0.4) is 0 Å². The standard InChI is InChI=1S/C19H21BrClNO3/c1-13(2)14-3-8-18(17(20)11-14)25-12-19(23)22-9-10-24-16-6-4-15(21)5-7-16/h3-8,11,13H,9-10,12H2,1-2H3,(H,22,23). The van der Waals surface area contributed by atoms with Gasteiger partial charge in [-0.15, -0.1) is 0 Å². The number of carbonyl (C=O) groups is 1. The molecule has 0 saturated heterocycles. The molecule has 2 rings (SSSR count). The molecule has 1 N–H and O–H groups in total. The van der Waals surface area contributed by atoms with Gasteiger partial charge in [0.1, 0.15) is 18.1 Å². The zero-order valence-corrected chi connectivity index (χ0v) is 16.6. The summed E-state index contributed by atoms with van der Waals surface area (Å²) in [7, 11) is 0. The van der Waals surface area contributed by atoms with Crippen LogP contribution >= 0.6 is 27.5 Å². The van der Waals surface area contributed by atoms with Crippen LogP contribution in [0.2, 0.25) is 5.02 Å². The van der Waals surface area contributed by atoms with E-state index in [1.54, 1.807) is 24.3 Å². The number of halogens is 2. The smallest absolute Gasteiger partial charge is 0.258 e. The van der Waals surface area contributed by atoms with E-state index in [0.717, 1.165) is 4.47 Å². The Morgan fingerprint density at radius 1 is 1.16 bits per heavy atom. The van der Waals surface area contributed by atoms with Crippen LogP contribution in [0.15, 0.2) is 46.9 Å². The van der Waals surface area contributed by atoms with Crippen molar-refractivity contribution < 1.29 is 14.3 Å². The lowest BCUT2D eigenvalue weighted by molar-refractivity contribution is -0.123. The Balaban J connectivity index is 1.69. The molecular weight excluding hydrogens is 406 g/mol. The maximum absolute atomic E-state index is 11.8. The molecule has 0 fully saturated rings. The molecule has 2 aromatic carbocycles. The Hall–Kier alpha value is -1.72. The van der Waals surface area contributed by atoms with Crippen LogP contribution < -0.4 is 14.8 Å². The third kappa shape index (κ3) is 6.59. The third-order valence-corrected chi connectivity index (χ3v) is 4.36. The van der Waals surface area contributed by atoms with Crippen molar-refractivity contribution in [3.05, 3.63) is 57.5 Å². The number of rotatable bonds is 8. The molecule has 0 aliphatic rings. The number of nitrogens with one attached hydrogen (secondary N) is 1. The number of amides is 1. The normalized spacial score (nSPS) is 10.6. The summed E-state index contributed by atoms with van der Waals surface area (Å²) in [5.41, 5.74) is 1.21. The minimum atomic E-state index is -0.195. The second kappa shape index (κ2) is 9.68. The fourth-order valence-corrected chi connectivity index (χ4v) is 2.71. The summed E-state index contributed by atoms with van der Waals surface area (Å²) in [6.07, 6.45) is 0. The number of hydrogen-bond donors (Lipinski definition) is 1. The molecule has 0 saturated carbocycles. The van der Waals surface area contributed by atoms with Gasteiger partial charge in [0.2, 0.25) is 0 Å². The highest BCUT2D eigenvalue weighted by Crippen LogP contribution is 2.28. The molecule has 0 radical (unpaired) electrons. The van der Waals surface area contributed by atoms with Crippen molar-refractivity contribution >= 4 is 33.4 Å². The molecule has 0 spiro atoms. The topological polar surface area (TPSA) is 47.6 Å². The summed E-state index contributed by atoms with van der Waals surface area (Å²) in [4.78, 5) is 11.8. The van der Waals surface area contributed by atoms with Crippen molar-refractivity contribution in [2.24, 2.45) is 0 Å². The number of hydrogen-bond acceptors (Lipinski definition) is 3. The van der Waals surface area contributed by atoms with Gasteiger partial charge in [-0.25, -0.2) is 0 Å². The van der Waals surface area contributed by atoms with Crippen LogP contribution in [0.1, 0.15) is 25.3 Å². The maximum Gasteiger partial charge on any atom is 0.258 e. The van der Waals surface area contributed by atoms with E-state index >= 15 is 0 Å². The molecule has 4 nitrogen and oxygen atoms in total. The van der Waals surface area contributed by atoms with Crippen molar-refractivity contribution in [1.82, 2.24) is 5.32 Å². The molecule has 1 amide bonds. The van der Waals surface area contributed by atoms with Gasteiger partial charge in [-0.3, -0.25) is 4.79 Å². The van der Waals surface area contributed by atoms with E-state index in [0.29, 0.717) is 35.6 Å². The van der Waals surface area contributed by atoms with Crippen molar-refractivity contribution in [3.63, 3.8) is 0 Å². The fourth-order valence-electron chi connectivity index (χ4n) is 2.08. The molecule has 134 valence electrons. The molecule has 0 aromatic heterocycles. The first kappa shape index (κ1) is 19.6. The van der Waals surface area contributed by atoms with Gasteiger partial charge in [0, 0.05) is 5.02 Å². The molecule has 6 heteroatoms. The molecule has 0 aliphatic heterocycles. The molecule has 0 bridgehead atoms. The summed E-state index contributed by atoms with van der Waals surface area (Å²) in [6, 6.07) is 13.0. The minimum Gasteiger partial charge on any atom is -0.492 e. The van der Waals surface area contributed by atoms with Crippen molar-refractivity contribution in [2.75, 3.05) is 19.8 Å². The van der Waals surface area contributed by atoms with E-state index in [9.17, 15) is 4.79 Å². The highest BCUT2D eigenvalue weighted by Gasteiger charge is 2.08. The van der Waals surface area contributed by atoms with Gasteiger partial charge in [-0.2, -0.15) is 0 Å². The number of ether oxygens (including phenoxy) is 2. The second-order valence-electron chi connectivity index (χ2n) is 5.79. The Kier molecular flexibility index (Phi) is 7.59. The molecule has 0 heterocycles. The Bertz CT molecular complexity index is 704. The van der Waals surface area contributed by atoms with E-state index < -0.39 is 0 Å². The van der Waals surface area contributed by atoms with E-state index in [4.69, 9.17) is 21.1 Å². The lowest BCUT2D eigenvalue weighted by atomic mass is 10.0. The highest BCUT2D eigenvalue weighted by molar-refractivity contribution is 9.10. The largest absolute Gasteiger partial charge is 0.492 e. The van der Waals surface area contributed by atoms with Crippen molar-refractivity contribution in [3.8, 4) is 11.5 Å². The third-order valence-electron chi connectivity index (χ3n) is 3.49. The molecule has 2 aromatic rings. The summed E-state index contributed by atoms with van der Waals surface area (Å²) in [5, 5.41) is 3.41. The molecule has 0 aliphatic carbocycles. The predicted octanol–water partition coefficient (Wildman–Crippen LogP) is 4.80. The summed E-state index contributed by atoms with van der Waals surface area (Å²) in [5.74, 6) is 1.61. The SMILES string of the molecule is CC(C)c1ccc(OCC(=O)NCCOc2ccc(Cl)cc2)c(Br)c1. The summed E-state index contributed by atoms with van der Waals surface area (Å²) in [6.45, 7) is 4.99. The zero-order chi connectivity index (χ0) is 18.2. The number of carbonyl (C=O) groups excluding carboxylic acids is 1. The van der Waals surface area contributed by atoms with Crippen LogP contribution in [0.4, 0.5) is 0 Å². The monoisotopic (exact) mass is 425 g/mol. The maximum atomic E-state index is 11.8. The highest BCUT2D eigenvalue weighted by atomic mass is 79.9. The fraction of sp³-hybridized carbons (Fsp3) is 0.316. The zero-order valence-electron chi connectivity index (χ0n) is 14.2. The van der Waals surface area contributed by atoms with Crippen LogP contribution in [0, 0.1) is 0 Å². The lowest BCUT2D eigenvalue weighted by Gasteiger charge is -2.12. The van der Waals surface area contributed by atoms with E-state index in [2.05, 4.69) is 35.1 Å².